The molecule has 2 aromatic carbocycles. The smallest absolute Gasteiger partial charge is 0.407 e. The lowest BCUT2D eigenvalue weighted by Gasteiger charge is -2.50. The number of piperidine rings is 2. The van der Waals surface area contributed by atoms with Crippen LogP contribution in [0.5, 0.6) is 0 Å². The molecular formula is C54H62F10N10O8. The fraction of sp³-hybridized carbons (Fsp3) is 0.519. The molecule has 5 N–H and O–H groups in total. The van der Waals surface area contributed by atoms with Crippen LogP contribution in [0.4, 0.5) is 59.3 Å². The number of amides is 4. The Morgan fingerprint density at radius 3 is 1.80 bits per heavy atom. The number of aromatic nitrogens is 3. The van der Waals surface area contributed by atoms with Gasteiger partial charge in [0.25, 0.3) is 5.91 Å². The Hall–Kier alpha value is -7.22. The molecule has 2 bridgehead atoms. The molecule has 82 heavy (non-hydrogen) atoms. The highest BCUT2D eigenvalue weighted by molar-refractivity contribution is 5.87. The summed E-state index contributed by atoms with van der Waals surface area (Å²) < 4.78 is 161. The SMILES string of the molecule is COC(=O)N[C@H](C(=O)N[C@@H](Cc1ccc(C#Cc2ccc(N3CC4CC(C3)CN(C3COC3)C4)nc2)cc1)[C@@H](O)CN(Cc1c(F)cc(-c2cnn(C(F)F)c2)cc1F)NC(=O)[C@@H](NC(=O)OC)C(C)(C)C(F)(F)F)C(C)(C)C(F)(F)F. The van der Waals surface area contributed by atoms with Crippen LogP contribution in [0.15, 0.2) is 67.1 Å². The monoisotopic (exact) mass is 1170 g/mol. The topological polar surface area (TPSA) is 205 Å². The number of fused-ring (bicyclic) bond motifs is 2. The first-order valence-corrected chi connectivity index (χ1v) is 25.8. The van der Waals surface area contributed by atoms with Gasteiger partial charge in [-0.2, -0.15) is 40.2 Å². The van der Waals surface area contributed by atoms with Crippen LogP contribution in [-0.2, 0) is 36.8 Å². The maximum absolute atomic E-state index is 16.1. The zero-order valence-electron chi connectivity index (χ0n) is 45.3. The van der Waals surface area contributed by atoms with Gasteiger partial charge in [0, 0.05) is 73.9 Å². The Bertz CT molecular complexity index is 2930. The third-order valence-corrected chi connectivity index (χ3v) is 15.0. The summed E-state index contributed by atoms with van der Waals surface area (Å²) in [4.78, 5) is 62.4. The number of aliphatic hydroxyl groups is 1. The van der Waals surface area contributed by atoms with E-state index in [4.69, 9.17) is 4.74 Å². The second-order valence-corrected chi connectivity index (χ2v) is 21.6. The van der Waals surface area contributed by atoms with Crippen molar-refractivity contribution in [1.29, 1.82) is 0 Å². The zero-order valence-corrected chi connectivity index (χ0v) is 45.3. The minimum absolute atomic E-state index is 0.173. The summed E-state index contributed by atoms with van der Waals surface area (Å²) in [5, 5.41) is 22.0. The minimum Gasteiger partial charge on any atom is -0.453 e. The van der Waals surface area contributed by atoms with E-state index in [9.17, 15) is 59.4 Å². The van der Waals surface area contributed by atoms with Gasteiger partial charge in [-0.3, -0.25) is 19.9 Å². The highest BCUT2D eigenvalue weighted by Gasteiger charge is 2.57. The summed E-state index contributed by atoms with van der Waals surface area (Å²) in [7, 11) is 1.61. The van der Waals surface area contributed by atoms with Crippen molar-refractivity contribution in [1.82, 2.24) is 46.0 Å². The second kappa shape index (κ2) is 25.5. The number of anilines is 1. The van der Waals surface area contributed by atoms with Crippen molar-refractivity contribution < 1.29 is 82.4 Å². The molecule has 2 unspecified atom stereocenters. The lowest BCUT2D eigenvalue weighted by molar-refractivity contribution is -0.221. The van der Waals surface area contributed by atoms with Crippen LogP contribution >= 0.6 is 0 Å². The number of likely N-dealkylation sites (tertiary alicyclic amines) is 1. The maximum atomic E-state index is 16.1. The number of hydrogen-bond donors (Lipinski definition) is 5. The van der Waals surface area contributed by atoms with Crippen molar-refractivity contribution >= 4 is 29.8 Å². The number of nitrogens with zero attached hydrogens (tertiary/aromatic N) is 6. The summed E-state index contributed by atoms with van der Waals surface area (Å²) in [5.74, 6) is 1.86. The molecule has 0 spiro atoms. The number of ether oxygens (including phenoxy) is 3. The van der Waals surface area contributed by atoms with Gasteiger partial charge in [0.1, 0.15) is 29.5 Å². The number of methoxy groups -OCH3 is 2. The molecule has 6 atom stereocenters. The van der Waals surface area contributed by atoms with Gasteiger partial charge in [0.05, 0.1) is 62.6 Å². The Morgan fingerprint density at radius 1 is 0.768 bits per heavy atom. The standard InChI is InChI=1S/C54H62F10N10O8/c1-51(2,53(59,60)61)44(68-49(78)80-5)46(76)67-41(16-31-10-7-30(8-11-31)9-12-32-13-14-43(65-19-32)72-23-33-15-34(24-72)22-71(21-33)37-28-82-29-37)42(75)27-73(70-47(77)45(69-50(79)81-6)52(3,4)54(62,63)64)26-38-39(55)17-35(18-40(38)56)36-20-66-74(25-36)48(57)58/h7-8,10-11,13-14,17-20,25,33-34,37,41-42,44-45,48,75H,15-16,21-24,26-29H2,1-6H3,(H,67,76)(H,68,78)(H,69,79)(H,70,77)/t33?,34?,41-,42-,44+,45+/m0/s1. The van der Waals surface area contributed by atoms with E-state index in [0.717, 1.165) is 78.2 Å². The predicted octanol–water partition coefficient (Wildman–Crippen LogP) is 6.72. The fourth-order valence-corrected chi connectivity index (χ4v) is 9.82. The molecule has 4 amide bonds. The third-order valence-electron chi connectivity index (χ3n) is 15.0. The Morgan fingerprint density at radius 2 is 1.32 bits per heavy atom. The van der Waals surface area contributed by atoms with Gasteiger partial charge < -0.3 is 40.2 Å². The van der Waals surface area contributed by atoms with Crippen LogP contribution in [0.1, 0.15) is 62.9 Å². The highest BCUT2D eigenvalue weighted by atomic mass is 19.4. The molecule has 3 fully saturated rings. The predicted molar refractivity (Wildman–Crippen MR) is 274 cm³/mol. The van der Waals surface area contributed by atoms with Crippen molar-refractivity contribution in [2.24, 2.45) is 22.7 Å². The average Bonchev–Trinajstić information content (AvgIpc) is 4.03. The molecule has 0 radical (unpaired) electrons. The van der Waals surface area contributed by atoms with Crippen LogP contribution in [0.3, 0.4) is 0 Å². The van der Waals surface area contributed by atoms with E-state index in [1.165, 1.54) is 12.1 Å². The summed E-state index contributed by atoms with van der Waals surface area (Å²) >= 11 is 0. The number of nitrogens with one attached hydrogen (secondary N) is 4. The largest absolute Gasteiger partial charge is 0.453 e. The van der Waals surface area contributed by atoms with Gasteiger partial charge in [-0.15, -0.1) is 0 Å². The number of alkyl halides is 8. The first-order valence-electron chi connectivity index (χ1n) is 25.8. The first kappa shape index (κ1) is 62.4. The second-order valence-electron chi connectivity index (χ2n) is 21.6. The number of halogens is 10. The highest BCUT2D eigenvalue weighted by Crippen LogP contribution is 2.42. The number of pyridine rings is 1. The number of hydrazine groups is 1. The van der Waals surface area contributed by atoms with E-state index in [2.05, 4.69) is 46.5 Å². The molecule has 3 aliphatic heterocycles. The van der Waals surface area contributed by atoms with Crippen molar-refractivity contribution in [3.8, 4) is 23.0 Å². The van der Waals surface area contributed by atoms with E-state index in [1.54, 1.807) is 23.6 Å². The van der Waals surface area contributed by atoms with Gasteiger partial charge in [0.15, 0.2) is 0 Å². The van der Waals surface area contributed by atoms with Gasteiger partial charge in [-0.05, 0) is 99.9 Å². The molecule has 7 rings (SSSR count). The first-order chi connectivity index (χ1) is 38.5. The van der Waals surface area contributed by atoms with Crippen LogP contribution in [0.2, 0.25) is 0 Å². The number of benzene rings is 2. The molecule has 5 heterocycles. The number of carbonyl (C=O) groups is 4. The van der Waals surface area contributed by atoms with E-state index in [0.29, 0.717) is 73.8 Å². The average molecular weight is 1170 g/mol. The molecule has 0 aliphatic carbocycles. The fourth-order valence-electron chi connectivity index (χ4n) is 9.82. The maximum Gasteiger partial charge on any atom is 0.407 e. The quantitative estimate of drug-likeness (QED) is 0.0376. The Labute approximate surface area is 465 Å². The van der Waals surface area contributed by atoms with Gasteiger partial charge in [-0.1, -0.05) is 24.0 Å². The van der Waals surface area contributed by atoms with E-state index in [1.807, 2.05) is 22.9 Å². The molecule has 3 saturated heterocycles. The lowest BCUT2D eigenvalue weighted by Crippen LogP contribution is -2.63. The molecule has 28 heteroatoms. The molecule has 4 aromatic rings. The van der Waals surface area contributed by atoms with Crippen LogP contribution in [0.25, 0.3) is 11.1 Å². The number of rotatable bonds is 19. The van der Waals surface area contributed by atoms with Crippen LogP contribution in [0, 0.1) is 46.1 Å². The molecular weight excluding hydrogens is 1110 g/mol. The molecule has 446 valence electrons. The summed E-state index contributed by atoms with van der Waals surface area (Å²) in [6.45, 7) is 2.19. The van der Waals surface area contributed by atoms with Gasteiger partial charge >= 0.3 is 31.1 Å². The number of carbonyl (C=O) groups excluding carboxylic acids is 4. The molecule has 0 saturated carbocycles. The summed E-state index contributed by atoms with van der Waals surface area (Å²) in [6, 6.07) is 4.89. The Kier molecular flexibility index (Phi) is 19.4. The number of alkyl carbamates (subject to hydrolysis) is 2. The third kappa shape index (κ3) is 14.9. The van der Waals surface area contributed by atoms with Crippen molar-refractivity contribution in [3.05, 3.63) is 101 Å². The molecule has 2 aromatic heterocycles. The zero-order chi connectivity index (χ0) is 60.1. The van der Waals surface area contributed by atoms with Crippen molar-refractivity contribution in [2.75, 3.05) is 65.1 Å². The van der Waals surface area contributed by atoms with Crippen LogP contribution in [-0.4, -0.2) is 157 Å². The summed E-state index contributed by atoms with van der Waals surface area (Å²) in [6.07, 6.45) is -11.5. The minimum atomic E-state index is -5.23. The molecule has 18 nitrogen and oxygen atoms in total. The number of hydrogen-bond acceptors (Lipinski definition) is 13. The van der Waals surface area contributed by atoms with E-state index >= 15 is 8.78 Å². The van der Waals surface area contributed by atoms with Gasteiger partial charge in [-0.25, -0.2) is 33.0 Å². The van der Waals surface area contributed by atoms with Crippen LogP contribution < -0.4 is 26.3 Å². The summed E-state index contributed by atoms with van der Waals surface area (Å²) in [5.41, 5.74) is -4.20. The van der Waals surface area contributed by atoms with E-state index < -0.39 is 115 Å². The van der Waals surface area contributed by atoms with Gasteiger partial charge in [0.2, 0.25) is 5.91 Å². The molecule has 3 aliphatic rings. The number of aliphatic hydroxyl groups excluding tert-OH is 1. The van der Waals surface area contributed by atoms with Crippen molar-refractivity contribution in [3.63, 3.8) is 0 Å². The Balaban J connectivity index is 1.17. The van der Waals surface area contributed by atoms with E-state index in [-0.39, 0.29) is 21.4 Å². The normalized spacial score (nSPS) is 18.5. The lowest BCUT2D eigenvalue weighted by atomic mass is 9.82. The van der Waals surface area contributed by atoms with Crippen molar-refractivity contribution in [2.45, 2.75) is 96.3 Å².